The van der Waals surface area contributed by atoms with Gasteiger partial charge >= 0.3 is 0 Å². The van der Waals surface area contributed by atoms with Crippen molar-refractivity contribution in [1.29, 1.82) is 0 Å². The summed E-state index contributed by atoms with van der Waals surface area (Å²) in [7, 11) is 3.08. The van der Waals surface area contributed by atoms with E-state index in [2.05, 4.69) is 5.32 Å². The lowest BCUT2D eigenvalue weighted by Gasteiger charge is -2.30. The summed E-state index contributed by atoms with van der Waals surface area (Å²) in [5.74, 6) is 0.527. The quantitative estimate of drug-likeness (QED) is 0.682. The van der Waals surface area contributed by atoms with Crippen molar-refractivity contribution in [2.45, 2.75) is 13.0 Å². The number of benzene rings is 2. The summed E-state index contributed by atoms with van der Waals surface area (Å²) in [6.45, 7) is 1.94. The second-order valence-electron chi connectivity index (χ2n) is 7.09. The fourth-order valence-electron chi connectivity index (χ4n) is 3.67. The molecular weight excluding hydrogens is 400 g/mol. The van der Waals surface area contributed by atoms with E-state index in [1.807, 2.05) is 42.6 Å². The molecule has 3 aromatic rings. The minimum Gasteiger partial charge on any atom is -0.497 e. The van der Waals surface area contributed by atoms with Crippen LogP contribution in [0, 0.1) is 6.92 Å². The highest BCUT2D eigenvalue weighted by atomic mass is 32.1. The van der Waals surface area contributed by atoms with Crippen LogP contribution in [-0.2, 0) is 4.79 Å². The zero-order valence-corrected chi connectivity index (χ0v) is 17.8. The molecule has 0 spiro atoms. The number of ether oxygens (including phenoxy) is 2. The molecule has 7 heteroatoms. The molecule has 0 radical (unpaired) electrons. The van der Waals surface area contributed by atoms with Crippen LogP contribution in [0.3, 0.4) is 0 Å². The Morgan fingerprint density at radius 1 is 1.10 bits per heavy atom. The summed E-state index contributed by atoms with van der Waals surface area (Å²) in [4.78, 5) is 29.0. The number of amides is 2. The van der Waals surface area contributed by atoms with Crippen molar-refractivity contribution in [2.24, 2.45) is 0 Å². The van der Waals surface area contributed by atoms with Crippen LogP contribution in [0.15, 0.2) is 53.9 Å². The second-order valence-corrected chi connectivity index (χ2v) is 8.07. The Hall–Kier alpha value is -3.32. The van der Waals surface area contributed by atoms with Crippen molar-refractivity contribution >= 4 is 28.8 Å². The number of aryl methyl sites for hydroxylation is 1. The predicted molar refractivity (Wildman–Crippen MR) is 117 cm³/mol. The predicted octanol–water partition coefficient (Wildman–Crippen LogP) is 4.26. The molecule has 0 saturated carbocycles. The molecule has 2 aromatic carbocycles. The number of nitrogens with zero attached hydrogens (tertiary/aromatic N) is 1. The van der Waals surface area contributed by atoms with Gasteiger partial charge in [-0.15, -0.1) is 11.3 Å². The first kappa shape index (κ1) is 20.0. The first-order valence-corrected chi connectivity index (χ1v) is 10.4. The standard InChI is InChI=1S/C23H22N2O4S/c1-14-6-7-19-18(9-14)22(20-5-4-8-30-20)25(13-21(26)24-19)23(27)15-10-16(28-2)12-17(11-15)29-3/h4-12,22H,13H2,1-3H3,(H,24,26). The zero-order chi connectivity index (χ0) is 21.3. The Kier molecular flexibility index (Phi) is 5.46. The Morgan fingerprint density at radius 2 is 1.83 bits per heavy atom. The normalized spacial score (nSPS) is 15.8. The molecule has 154 valence electrons. The lowest BCUT2D eigenvalue weighted by molar-refractivity contribution is -0.117. The van der Waals surface area contributed by atoms with Gasteiger partial charge in [-0.1, -0.05) is 23.8 Å². The molecule has 0 aliphatic carbocycles. The molecule has 1 aliphatic rings. The van der Waals surface area contributed by atoms with Crippen LogP contribution in [0.4, 0.5) is 5.69 Å². The zero-order valence-electron chi connectivity index (χ0n) is 17.0. The minimum atomic E-state index is -0.386. The van der Waals surface area contributed by atoms with E-state index in [0.717, 1.165) is 21.7 Å². The number of nitrogens with one attached hydrogen (secondary N) is 1. The Bertz CT molecular complexity index is 1070. The number of carbonyl (C=O) groups is 2. The summed E-state index contributed by atoms with van der Waals surface area (Å²) in [5, 5.41) is 4.92. The molecule has 0 fully saturated rings. The van der Waals surface area contributed by atoms with Crippen LogP contribution >= 0.6 is 11.3 Å². The Morgan fingerprint density at radius 3 is 2.47 bits per heavy atom. The third kappa shape index (κ3) is 3.76. The van der Waals surface area contributed by atoms with Gasteiger partial charge in [-0.3, -0.25) is 9.59 Å². The Labute approximate surface area is 179 Å². The number of rotatable bonds is 4. The van der Waals surface area contributed by atoms with Crippen LogP contribution in [-0.4, -0.2) is 37.5 Å². The van der Waals surface area contributed by atoms with E-state index in [0.29, 0.717) is 17.1 Å². The smallest absolute Gasteiger partial charge is 0.255 e. The fraction of sp³-hybridized carbons (Fsp3) is 0.217. The SMILES string of the molecule is COc1cc(OC)cc(C(=O)N2CC(=O)Nc3ccc(C)cc3C2c2cccs2)c1. The average molecular weight is 423 g/mol. The van der Waals surface area contributed by atoms with Crippen LogP contribution < -0.4 is 14.8 Å². The van der Waals surface area contributed by atoms with Crippen molar-refractivity contribution in [3.8, 4) is 11.5 Å². The van der Waals surface area contributed by atoms with Gasteiger partial charge in [0.2, 0.25) is 5.91 Å². The Balaban J connectivity index is 1.86. The number of methoxy groups -OCH3 is 2. The second kappa shape index (κ2) is 8.20. The van der Waals surface area contributed by atoms with Gasteiger partial charge in [-0.25, -0.2) is 0 Å². The van der Waals surface area contributed by atoms with Gasteiger partial charge < -0.3 is 19.7 Å². The maximum atomic E-state index is 13.7. The molecule has 1 aliphatic heterocycles. The van der Waals surface area contributed by atoms with Crippen molar-refractivity contribution in [1.82, 2.24) is 4.90 Å². The van der Waals surface area contributed by atoms with Crippen LogP contribution in [0.2, 0.25) is 0 Å². The first-order valence-electron chi connectivity index (χ1n) is 9.48. The molecule has 1 unspecified atom stereocenters. The molecule has 6 nitrogen and oxygen atoms in total. The molecule has 2 amide bonds. The molecule has 0 bridgehead atoms. The van der Waals surface area contributed by atoms with E-state index in [1.54, 1.807) is 34.4 Å². The van der Waals surface area contributed by atoms with Crippen LogP contribution in [0.25, 0.3) is 0 Å². The maximum absolute atomic E-state index is 13.7. The van der Waals surface area contributed by atoms with Gasteiger partial charge in [0.25, 0.3) is 5.91 Å². The van der Waals surface area contributed by atoms with E-state index in [9.17, 15) is 9.59 Å². The average Bonchev–Trinajstić information content (AvgIpc) is 3.23. The van der Waals surface area contributed by atoms with Crippen molar-refractivity contribution < 1.29 is 19.1 Å². The minimum absolute atomic E-state index is 0.0609. The van der Waals surface area contributed by atoms with Gasteiger partial charge in [0.1, 0.15) is 18.0 Å². The van der Waals surface area contributed by atoms with E-state index < -0.39 is 0 Å². The maximum Gasteiger partial charge on any atom is 0.255 e. The monoisotopic (exact) mass is 422 g/mol. The number of thiophene rings is 1. The molecule has 2 heterocycles. The molecule has 30 heavy (non-hydrogen) atoms. The summed E-state index contributed by atoms with van der Waals surface area (Å²) < 4.78 is 10.6. The van der Waals surface area contributed by atoms with E-state index in [1.165, 1.54) is 14.2 Å². The van der Waals surface area contributed by atoms with Crippen molar-refractivity contribution in [2.75, 3.05) is 26.1 Å². The van der Waals surface area contributed by atoms with E-state index in [-0.39, 0.29) is 24.4 Å². The fourth-order valence-corrected chi connectivity index (χ4v) is 4.52. The highest BCUT2D eigenvalue weighted by Gasteiger charge is 2.34. The first-order chi connectivity index (χ1) is 14.5. The largest absolute Gasteiger partial charge is 0.497 e. The molecule has 4 rings (SSSR count). The number of hydrogen-bond donors (Lipinski definition) is 1. The lowest BCUT2D eigenvalue weighted by atomic mass is 9.99. The molecule has 1 aromatic heterocycles. The number of carbonyl (C=O) groups excluding carboxylic acids is 2. The van der Waals surface area contributed by atoms with Crippen LogP contribution in [0.5, 0.6) is 11.5 Å². The molecule has 1 N–H and O–H groups in total. The van der Waals surface area contributed by atoms with Gasteiger partial charge in [0.15, 0.2) is 0 Å². The molecule has 0 saturated heterocycles. The highest BCUT2D eigenvalue weighted by Crippen LogP contribution is 2.39. The van der Waals surface area contributed by atoms with Crippen molar-refractivity contribution in [3.63, 3.8) is 0 Å². The molecular formula is C23H22N2O4S. The van der Waals surface area contributed by atoms with Gasteiger partial charge in [-0.05, 0) is 36.6 Å². The topological polar surface area (TPSA) is 67.9 Å². The number of anilines is 1. The third-order valence-electron chi connectivity index (χ3n) is 5.07. The summed E-state index contributed by atoms with van der Waals surface area (Å²) in [6.07, 6.45) is 0. The van der Waals surface area contributed by atoms with Gasteiger partial charge in [0.05, 0.1) is 20.3 Å². The lowest BCUT2D eigenvalue weighted by Crippen LogP contribution is -2.38. The van der Waals surface area contributed by atoms with Gasteiger partial charge in [-0.2, -0.15) is 0 Å². The molecule has 1 atom stereocenters. The number of fused-ring (bicyclic) bond motifs is 1. The summed E-state index contributed by atoms with van der Waals surface area (Å²) >= 11 is 1.56. The van der Waals surface area contributed by atoms with E-state index >= 15 is 0 Å². The summed E-state index contributed by atoms with van der Waals surface area (Å²) in [5.41, 5.74) is 3.08. The number of hydrogen-bond acceptors (Lipinski definition) is 5. The van der Waals surface area contributed by atoms with E-state index in [4.69, 9.17) is 9.47 Å². The highest BCUT2D eigenvalue weighted by molar-refractivity contribution is 7.10. The van der Waals surface area contributed by atoms with Crippen LogP contribution in [0.1, 0.15) is 32.4 Å². The summed E-state index contributed by atoms with van der Waals surface area (Å²) in [6, 6.07) is 14.5. The van der Waals surface area contributed by atoms with Gasteiger partial charge in [0, 0.05) is 27.8 Å². The van der Waals surface area contributed by atoms with Crippen molar-refractivity contribution in [3.05, 3.63) is 75.5 Å². The third-order valence-corrected chi connectivity index (χ3v) is 6.00.